The molecule has 2 N–H and O–H groups in total. The van der Waals surface area contributed by atoms with Gasteiger partial charge in [0.2, 0.25) is 11.8 Å². The van der Waals surface area contributed by atoms with Crippen LogP contribution in [-0.4, -0.2) is 11.8 Å². The molecular weight excluding hydrogens is 240 g/mol. The van der Waals surface area contributed by atoms with Crippen LogP contribution in [0.1, 0.15) is 38.2 Å². The van der Waals surface area contributed by atoms with Gasteiger partial charge in [-0.1, -0.05) is 19.1 Å². The fourth-order valence-electron chi connectivity index (χ4n) is 1.81. The molecule has 1 saturated carbocycles. The SMILES string of the molecule is CCCC(=O)NCc1ccc(NC(=O)C2CC2)cc1. The minimum absolute atomic E-state index is 0.0774. The van der Waals surface area contributed by atoms with Crippen LogP contribution in [0, 0.1) is 5.92 Å². The van der Waals surface area contributed by atoms with Crippen molar-refractivity contribution in [1.82, 2.24) is 5.32 Å². The second kappa shape index (κ2) is 6.36. The minimum Gasteiger partial charge on any atom is -0.352 e. The van der Waals surface area contributed by atoms with E-state index in [4.69, 9.17) is 0 Å². The van der Waals surface area contributed by atoms with Crippen molar-refractivity contribution in [3.8, 4) is 0 Å². The highest BCUT2D eigenvalue weighted by atomic mass is 16.2. The lowest BCUT2D eigenvalue weighted by molar-refractivity contribution is -0.121. The molecule has 0 heterocycles. The average molecular weight is 260 g/mol. The van der Waals surface area contributed by atoms with Gasteiger partial charge in [0, 0.05) is 24.6 Å². The zero-order valence-electron chi connectivity index (χ0n) is 11.2. The lowest BCUT2D eigenvalue weighted by Crippen LogP contribution is -2.22. The van der Waals surface area contributed by atoms with E-state index in [1.807, 2.05) is 31.2 Å². The summed E-state index contributed by atoms with van der Waals surface area (Å²) in [6.07, 6.45) is 3.44. The van der Waals surface area contributed by atoms with Crippen LogP contribution in [-0.2, 0) is 16.1 Å². The van der Waals surface area contributed by atoms with E-state index >= 15 is 0 Å². The third-order valence-corrected chi connectivity index (χ3v) is 3.14. The predicted molar refractivity (Wildman–Crippen MR) is 74.6 cm³/mol. The van der Waals surface area contributed by atoms with E-state index in [0.717, 1.165) is 30.5 Å². The molecule has 0 unspecified atom stereocenters. The van der Waals surface area contributed by atoms with Crippen LogP contribution in [0.3, 0.4) is 0 Å². The molecule has 0 atom stereocenters. The van der Waals surface area contributed by atoms with Gasteiger partial charge in [0.05, 0.1) is 0 Å². The van der Waals surface area contributed by atoms with E-state index in [1.165, 1.54) is 0 Å². The van der Waals surface area contributed by atoms with Gasteiger partial charge in [-0.15, -0.1) is 0 Å². The Morgan fingerprint density at radius 2 is 1.89 bits per heavy atom. The number of hydrogen-bond acceptors (Lipinski definition) is 2. The molecule has 0 spiro atoms. The average Bonchev–Trinajstić information content (AvgIpc) is 3.22. The van der Waals surface area contributed by atoms with E-state index < -0.39 is 0 Å². The summed E-state index contributed by atoms with van der Waals surface area (Å²) in [6.45, 7) is 2.52. The van der Waals surface area contributed by atoms with Crippen LogP contribution in [0.2, 0.25) is 0 Å². The highest BCUT2D eigenvalue weighted by Gasteiger charge is 2.29. The normalized spacial score (nSPS) is 13.9. The van der Waals surface area contributed by atoms with Gasteiger partial charge in [-0.05, 0) is 37.0 Å². The zero-order chi connectivity index (χ0) is 13.7. The van der Waals surface area contributed by atoms with Gasteiger partial charge < -0.3 is 10.6 Å². The van der Waals surface area contributed by atoms with Crippen molar-refractivity contribution < 1.29 is 9.59 Å². The number of carbonyl (C=O) groups excluding carboxylic acids is 2. The van der Waals surface area contributed by atoms with Crippen LogP contribution in [0.4, 0.5) is 5.69 Å². The van der Waals surface area contributed by atoms with Crippen LogP contribution in [0.5, 0.6) is 0 Å². The van der Waals surface area contributed by atoms with Crippen molar-refractivity contribution in [2.75, 3.05) is 5.32 Å². The third kappa shape index (κ3) is 4.39. The molecule has 2 amide bonds. The Hall–Kier alpha value is -1.84. The summed E-state index contributed by atoms with van der Waals surface area (Å²) in [5.41, 5.74) is 1.86. The highest BCUT2D eigenvalue weighted by Crippen LogP contribution is 2.30. The van der Waals surface area contributed by atoms with Gasteiger partial charge in [-0.25, -0.2) is 0 Å². The number of amides is 2. The highest BCUT2D eigenvalue weighted by molar-refractivity contribution is 5.94. The van der Waals surface area contributed by atoms with E-state index in [-0.39, 0.29) is 17.7 Å². The monoisotopic (exact) mass is 260 g/mol. The first-order chi connectivity index (χ1) is 9.19. The molecule has 1 aromatic rings. The summed E-state index contributed by atoms with van der Waals surface area (Å²) in [5, 5.41) is 5.75. The number of anilines is 1. The standard InChI is InChI=1S/C15H20N2O2/c1-2-3-14(18)16-10-11-4-8-13(9-5-11)17-15(19)12-6-7-12/h4-5,8-9,12H,2-3,6-7,10H2,1H3,(H,16,18)(H,17,19). The first-order valence-corrected chi connectivity index (χ1v) is 6.85. The quantitative estimate of drug-likeness (QED) is 0.825. The topological polar surface area (TPSA) is 58.2 Å². The molecule has 1 fully saturated rings. The maximum atomic E-state index is 11.6. The lowest BCUT2D eigenvalue weighted by Gasteiger charge is -2.07. The van der Waals surface area contributed by atoms with Crippen molar-refractivity contribution in [3.05, 3.63) is 29.8 Å². The second-order valence-corrected chi connectivity index (χ2v) is 4.99. The smallest absolute Gasteiger partial charge is 0.227 e. The molecule has 1 aromatic carbocycles. The van der Waals surface area contributed by atoms with Crippen molar-refractivity contribution in [2.24, 2.45) is 5.92 Å². The molecule has 0 saturated heterocycles. The third-order valence-electron chi connectivity index (χ3n) is 3.14. The fraction of sp³-hybridized carbons (Fsp3) is 0.467. The van der Waals surface area contributed by atoms with Crippen LogP contribution >= 0.6 is 0 Å². The number of nitrogens with one attached hydrogen (secondary N) is 2. The molecule has 4 nitrogen and oxygen atoms in total. The molecule has 19 heavy (non-hydrogen) atoms. The van der Waals surface area contributed by atoms with Crippen molar-refractivity contribution in [2.45, 2.75) is 39.2 Å². The van der Waals surface area contributed by atoms with Crippen LogP contribution < -0.4 is 10.6 Å². The number of carbonyl (C=O) groups is 2. The molecule has 1 aliphatic carbocycles. The Bertz CT molecular complexity index is 450. The molecule has 102 valence electrons. The van der Waals surface area contributed by atoms with Crippen LogP contribution in [0.25, 0.3) is 0 Å². The number of benzene rings is 1. The molecule has 0 radical (unpaired) electrons. The molecule has 4 heteroatoms. The van der Waals surface area contributed by atoms with E-state index in [1.54, 1.807) is 0 Å². The summed E-state index contributed by atoms with van der Waals surface area (Å²) in [4.78, 5) is 22.9. The molecule has 0 bridgehead atoms. The summed E-state index contributed by atoms with van der Waals surface area (Å²) in [6, 6.07) is 7.60. The predicted octanol–water partition coefficient (Wildman–Crippen LogP) is 2.45. The summed E-state index contributed by atoms with van der Waals surface area (Å²) in [7, 11) is 0. The van der Waals surface area contributed by atoms with Crippen molar-refractivity contribution >= 4 is 17.5 Å². The van der Waals surface area contributed by atoms with Gasteiger partial charge in [0.1, 0.15) is 0 Å². The van der Waals surface area contributed by atoms with Crippen molar-refractivity contribution in [1.29, 1.82) is 0 Å². The maximum absolute atomic E-state index is 11.6. The molecule has 0 aromatic heterocycles. The summed E-state index contributed by atoms with van der Waals surface area (Å²) >= 11 is 0. The minimum atomic E-state index is 0.0774. The molecule has 1 aliphatic rings. The Morgan fingerprint density at radius 1 is 1.21 bits per heavy atom. The van der Waals surface area contributed by atoms with Gasteiger partial charge in [-0.3, -0.25) is 9.59 Å². The van der Waals surface area contributed by atoms with Crippen molar-refractivity contribution in [3.63, 3.8) is 0 Å². The Kier molecular flexibility index (Phi) is 4.55. The van der Waals surface area contributed by atoms with Gasteiger partial charge in [-0.2, -0.15) is 0 Å². The summed E-state index contributed by atoms with van der Waals surface area (Å²) < 4.78 is 0. The Balaban J connectivity index is 1.80. The van der Waals surface area contributed by atoms with E-state index in [2.05, 4.69) is 10.6 Å². The fourth-order valence-corrected chi connectivity index (χ4v) is 1.81. The molecule has 0 aliphatic heterocycles. The first kappa shape index (κ1) is 13.6. The van der Waals surface area contributed by atoms with E-state index in [0.29, 0.717) is 13.0 Å². The first-order valence-electron chi connectivity index (χ1n) is 6.85. The zero-order valence-corrected chi connectivity index (χ0v) is 11.2. The second-order valence-electron chi connectivity index (χ2n) is 4.99. The Labute approximate surface area is 113 Å². The van der Waals surface area contributed by atoms with Gasteiger partial charge in [0.15, 0.2) is 0 Å². The molecule has 2 rings (SSSR count). The van der Waals surface area contributed by atoms with Gasteiger partial charge in [0.25, 0.3) is 0 Å². The number of rotatable bonds is 6. The summed E-state index contributed by atoms with van der Waals surface area (Å²) in [5.74, 6) is 0.408. The maximum Gasteiger partial charge on any atom is 0.227 e. The largest absolute Gasteiger partial charge is 0.352 e. The Morgan fingerprint density at radius 3 is 2.47 bits per heavy atom. The molecular formula is C15H20N2O2. The number of hydrogen-bond donors (Lipinski definition) is 2. The van der Waals surface area contributed by atoms with E-state index in [9.17, 15) is 9.59 Å². The lowest BCUT2D eigenvalue weighted by atomic mass is 10.2. The van der Waals surface area contributed by atoms with Gasteiger partial charge >= 0.3 is 0 Å². The van der Waals surface area contributed by atoms with Crippen LogP contribution in [0.15, 0.2) is 24.3 Å².